The van der Waals surface area contributed by atoms with Crippen LogP contribution >= 0.6 is 0 Å². The molecule has 1 aliphatic rings. The van der Waals surface area contributed by atoms with Gasteiger partial charge in [0.2, 0.25) is 0 Å². The predicted octanol–water partition coefficient (Wildman–Crippen LogP) is -0.989. The van der Waals surface area contributed by atoms with Gasteiger partial charge in [-0.15, -0.1) is 0 Å². The molecule has 2 amide bonds. The van der Waals surface area contributed by atoms with E-state index in [9.17, 15) is 9.59 Å². The largest absolute Gasteiger partial charge is 0.346 e. The molecule has 4 heteroatoms. The number of piperazine rings is 1. The minimum atomic E-state index is -0.523. The van der Waals surface area contributed by atoms with E-state index in [-0.39, 0.29) is 6.04 Å². The van der Waals surface area contributed by atoms with Crippen LogP contribution in [-0.4, -0.2) is 24.4 Å². The fraction of sp³-hybridized carbons (Fsp3) is 0.667. The molecule has 0 aliphatic carbocycles. The molecule has 1 aliphatic heterocycles. The predicted molar refractivity (Wildman–Crippen MR) is 35.2 cm³/mol. The molecule has 1 saturated heterocycles. The van der Waals surface area contributed by atoms with E-state index in [0.29, 0.717) is 6.54 Å². The van der Waals surface area contributed by atoms with Crippen molar-refractivity contribution in [2.45, 2.75) is 19.4 Å². The second-order valence-electron chi connectivity index (χ2n) is 2.29. The number of amides is 2. The van der Waals surface area contributed by atoms with Gasteiger partial charge in [0.15, 0.2) is 0 Å². The molecule has 0 saturated carbocycles. The maximum Gasteiger partial charge on any atom is 0.309 e. The summed E-state index contributed by atoms with van der Waals surface area (Å²) in [4.78, 5) is 21.2. The van der Waals surface area contributed by atoms with Crippen LogP contribution < -0.4 is 10.6 Å². The molecule has 0 bridgehead atoms. The molecule has 0 unspecified atom stereocenters. The molecule has 10 heavy (non-hydrogen) atoms. The molecule has 4 nitrogen and oxygen atoms in total. The van der Waals surface area contributed by atoms with Crippen LogP contribution in [0.25, 0.3) is 0 Å². The summed E-state index contributed by atoms with van der Waals surface area (Å²) in [5, 5.41) is 5.05. The lowest BCUT2D eigenvalue weighted by atomic mass is 10.2. The van der Waals surface area contributed by atoms with Crippen molar-refractivity contribution >= 4 is 11.8 Å². The van der Waals surface area contributed by atoms with E-state index in [1.165, 1.54) is 0 Å². The van der Waals surface area contributed by atoms with Crippen LogP contribution in [0.1, 0.15) is 13.3 Å². The molecule has 0 aromatic heterocycles. The summed E-state index contributed by atoms with van der Waals surface area (Å²) < 4.78 is 0. The van der Waals surface area contributed by atoms with Gasteiger partial charge in [-0.05, 0) is 6.42 Å². The number of hydrogen-bond acceptors (Lipinski definition) is 2. The molecule has 1 fully saturated rings. The van der Waals surface area contributed by atoms with Crippen molar-refractivity contribution in [3.63, 3.8) is 0 Å². The quantitative estimate of drug-likeness (QED) is 0.462. The van der Waals surface area contributed by atoms with Gasteiger partial charge < -0.3 is 10.6 Å². The molecule has 2 N–H and O–H groups in total. The highest BCUT2D eigenvalue weighted by Gasteiger charge is 2.22. The van der Waals surface area contributed by atoms with Gasteiger partial charge in [0, 0.05) is 12.6 Å². The third kappa shape index (κ3) is 1.26. The summed E-state index contributed by atoms with van der Waals surface area (Å²) in [6.07, 6.45) is 0.853. The number of carbonyl (C=O) groups is 2. The highest BCUT2D eigenvalue weighted by Crippen LogP contribution is 1.92. The van der Waals surface area contributed by atoms with E-state index in [4.69, 9.17) is 0 Å². The first kappa shape index (κ1) is 7.05. The minimum Gasteiger partial charge on any atom is -0.346 e. The zero-order valence-electron chi connectivity index (χ0n) is 5.81. The normalized spacial score (nSPS) is 25.5. The second kappa shape index (κ2) is 2.68. The number of hydrogen-bond donors (Lipinski definition) is 2. The SMILES string of the molecule is CC[C@H]1CNC(=O)C(=O)N1. The van der Waals surface area contributed by atoms with Gasteiger partial charge in [-0.1, -0.05) is 6.92 Å². The van der Waals surface area contributed by atoms with E-state index in [1.807, 2.05) is 6.92 Å². The summed E-state index contributed by atoms with van der Waals surface area (Å²) in [6.45, 7) is 2.52. The number of rotatable bonds is 1. The molecule has 1 atom stereocenters. The van der Waals surface area contributed by atoms with E-state index < -0.39 is 11.8 Å². The highest BCUT2D eigenvalue weighted by molar-refractivity contribution is 6.35. The Bertz CT molecular complexity index is 167. The van der Waals surface area contributed by atoms with Gasteiger partial charge in [0.25, 0.3) is 0 Å². The monoisotopic (exact) mass is 142 g/mol. The van der Waals surface area contributed by atoms with Gasteiger partial charge in [-0.25, -0.2) is 0 Å². The molecule has 56 valence electrons. The van der Waals surface area contributed by atoms with E-state index in [0.717, 1.165) is 6.42 Å². The molecule has 1 rings (SSSR count). The second-order valence-corrected chi connectivity index (χ2v) is 2.29. The van der Waals surface area contributed by atoms with Gasteiger partial charge in [-0.2, -0.15) is 0 Å². The molecule has 1 heterocycles. The van der Waals surface area contributed by atoms with E-state index in [2.05, 4.69) is 10.6 Å². The molecular weight excluding hydrogens is 132 g/mol. The summed E-state index contributed by atoms with van der Waals surface area (Å²) in [6, 6.07) is 0.116. The van der Waals surface area contributed by atoms with E-state index in [1.54, 1.807) is 0 Å². The topological polar surface area (TPSA) is 58.2 Å². The average Bonchev–Trinajstić information content (AvgIpc) is 1.95. The Hall–Kier alpha value is -1.06. The van der Waals surface area contributed by atoms with Crippen LogP contribution in [0.5, 0.6) is 0 Å². The Morgan fingerprint density at radius 1 is 1.50 bits per heavy atom. The Balaban J connectivity index is 2.48. The average molecular weight is 142 g/mol. The highest BCUT2D eigenvalue weighted by atomic mass is 16.2. The van der Waals surface area contributed by atoms with Crippen molar-refractivity contribution in [2.24, 2.45) is 0 Å². The van der Waals surface area contributed by atoms with Gasteiger partial charge in [-0.3, -0.25) is 9.59 Å². The standard InChI is InChI=1S/C6H10N2O2/c1-2-4-3-7-5(9)6(10)8-4/h4H,2-3H2,1H3,(H,7,9)(H,8,10)/t4-/m0/s1. The van der Waals surface area contributed by atoms with Gasteiger partial charge in [0.05, 0.1) is 0 Å². The van der Waals surface area contributed by atoms with Crippen molar-refractivity contribution in [2.75, 3.05) is 6.54 Å². The first-order valence-corrected chi connectivity index (χ1v) is 3.32. The maximum absolute atomic E-state index is 10.6. The minimum absolute atomic E-state index is 0.116. The Morgan fingerprint density at radius 2 is 2.20 bits per heavy atom. The lowest BCUT2D eigenvalue weighted by molar-refractivity contribution is -0.141. The fourth-order valence-electron chi connectivity index (χ4n) is 0.845. The fourth-order valence-corrected chi connectivity index (χ4v) is 0.845. The Labute approximate surface area is 59.0 Å². The first-order chi connectivity index (χ1) is 4.74. The lowest BCUT2D eigenvalue weighted by Crippen LogP contribution is -2.55. The summed E-state index contributed by atoms with van der Waals surface area (Å²) in [5.41, 5.74) is 0. The van der Waals surface area contributed by atoms with Gasteiger partial charge in [0.1, 0.15) is 0 Å². The zero-order valence-corrected chi connectivity index (χ0v) is 5.81. The van der Waals surface area contributed by atoms with Crippen molar-refractivity contribution < 1.29 is 9.59 Å². The molecule has 0 spiro atoms. The van der Waals surface area contributed by atoms with Crippen LogP contribution in [0.2, 0.25) is 0 Å². The Kier molecular flexibility index (Phi) is 1.89. The van der Waals surface area contributed by atoms with Crippen LogP contribution in [-0.2, 0) is 9.59 Å². The number of carbonyl (C=O) groups excluding carboxylic acids is 2. The summed E-state index contributed by atoms with van der Waals surface area (Å²) in [7, 11) is 0. The number of nitrogens with one attached hydrogen (secondary N) is 2. The Morgan fingerprint density at radius 3 is 2.70 bits per heavy atom. The zero-order chi connectivity index (χ0) is 7.56. The van der Waals surface area contributed by atoms with Crippen LogP contribution in [0, 0.1) is 0 Å². The van der Waals surface area contributed by atoms with Gasteiger partial charge >= 0.3 is 11.8 Å². The van der Waals surface area contributed by atoms with Crippen molar-refractivity contribution in [1.29, 1.82) is 0 Å². The molecule has 0 aromatic rings. The van der Waals surface area contributed by atoms with Crippen LogP contribution in [0.15, 0.2) is 0 Å². The van der Waals surface area contributed by atoms with E-state index >= 15 is 0 Å². The lowest BCUT2D eigenvalue weighted by Gasteiger charge is -2.21. The first-order valence-electron chi connectivity index (χ1n) is 3.32. The molecule has 0 radical (unpaired) electrons. The third-order valence-electron chi connectivity index (χ3n) is 1.54. The summed E-state index contributed by atoms with van der Waals surface area (Å²) in [5.74, 6) is -1.04. The third-order valence-corrected chi connectivity index (χ3v) is 1.54. The van der Waals surface area contributed by atoms with Crippen molar-refractivity contribution in [3.8, 4) is 0 Å². The van der Waals surface area contributed by atoms with Crippen molar-refractivity contribution in [1.82, 2.24) is 10.6 Å². The smallest absolute Gasteiger partial charge is 0.309 e. The molecule has 0 aromatic carbocycles. The van der Waals surface area contributed by atoms with Crippen molar-refractivity contribution in [3.05, 3.63) is 0 Å². The summed E-state index contributed by atoms with van der Waals surface area (Å²) >= 11 is 0. The molecular formula is C6H10N2O2. The van der Waals surface area contributed by atoms with Crippen LogP contribution in [0.4, 0.5) is 0 Å². The van der Waals surface area contributed by atoms with Crippen LogP contribution in [0.3, 0.4) is 0 Å². The maximum atomic E-state index is 10.6.